The third kappa shape index (κ3) is 12.1. The lowest BCUT2D eigenvalue weighted by molar-refractivity contribution is -0.163. The third-order valence-corrected chi connectivity index (χ3v) is 8.74. The molecule has 1 N–H and O–H groups in total. The molecule has 262 valence electrons. The van der Waals surface area contributed by atoms with Gasteiger partial charge in [0.25, 0.3) is 0 Å². The molecular formula is C35H56N6O6. The maximum Gasteiger partial charge on any atom is 0.309 e. The second kappa shape index (κ2) is 16.3. The van der Waals surface area contributed by atoms with Crippen molar-refractivity contribution in [3.05, 3.63) is 29.6 Å². The summed E-state index contributed by atoms with van der Waals surface area (Å²) in [4.78, 5) is 64.5. The van der Waals surface area contributed by atoms with Crippen molar-refractivity contribution >= 4 is 23.8 Å². The van der Waals surface area contributed by atoms with E-state index >= 15 is 0 Å². The molecule has 0 spiro atoms. The Bertz CT molecular complexity index is 1140. The van der Waals surface area contributed by atoms with Gasteiger partial charge in [-0.3, -0.25) is 34.0 Å². The van der Waals surface area contributed by atoms with Crippen molar-refractivity contribution in [3.63, 3.8) is 0 Å². The lowest BCUT2D eigenvalue weighted by Gasteiger charge is -2.34. The van der Waals surface area contributed by atoms with Crippen LogP contribution in [0.2, 0.25) is 0 Å². The van der Waals surface area contributed by atoms with Crippen LogP contribution in [0.15, 0.2) is 18.2 Å². The first-order valence-corrected chi connectivity index (χ1v) is 17.3. The van der Waals surface area contributed by atoms with Gasteiger partial charge in [0.15, 0.2) is 0 Å². The molecule has 3 aliphatic rings. The zero-order valence-corrected chi connectivity index (χ0v) is 29.4. The Balaban J connectivity index is 1.28. The summed E-state index contributed by atoms with van der Waals surface area (Å²) in [6, 6.07) is 5.96. The van der Waals surface area contributed by atoms with Crippen LogP contribution in [0, 0.1) is 11.8 Å². The number of carbonyl (C=O) groups excluding carboxylic acids is 4. The Labute approximate surface area is 280 Å². The van der Waals surface area contributed by atoms with Gasteiger partial charge in [-0.1, -0.05) is 6.07 Å². The van der Waals surface area contributed by atoms with E-state index in [4.69, 9.17) is 14.5 Å². The summed E-state index contributed by atoms with van der Waals surface area (Å²) < 4.78 is 11.1. The molecule has 0 unspecified atom stereocenters. The lowest BCUT2D eigenvalue weighted by atomic mass is 9.96. The number of carbonyl (C=O) groups is 4. The molecule has 2 fully saturated rings. The minimum absolute atomic E-state index is 0.0655. The van der Waals surface area contributed by atoms with E-state index in [-0.39, 0.29) is 48.7 Å². The minimum Gasteiger partial charge on any atom is -0.460 e. The molecule has 0 aromatic carbocycles. The molecule has 0 radical (unpaired) electrons. The largest absolute Gasteiger partial charge is 0.460 e. The van der Waals surface area contributed by atoms with Crippen LogP contribution in [0.4, 0.5) is 0 Å². The summed E-state index contributed by atoms with van der Waals surface area (Å²) in [5, 5.41) is 3.49. The number of fused-ring (bicyclic) bond motifs is 2. The smallest absolute Gasteiger partial charge is 0.309 e. The number of hydrogen-bond acceptors (Lipinski definition) is 10. The number of rotatable bonds is 6. The fourth-order valence-corrected chi connectivity index (χ4v) is 6.27. The van der Waals surface area contributed by atoms with Gasteiger partial charge in [0.1, 0.15) is 11.2 Å². The molecule has 12 nitrogen and oxygen atoms in total. The van der Waals surface area contributed by atoms with Crippen molar-refractivity contribution in [3.8, 4) is 0 Å². The highest BCUT2D eigenvalue weighted by atomic mass is 16.6. The van der Waals surface area contributed by atoms with Crippen molar-refractivity contribution in [2.75, 3.05) is 65.4 Å². The van der Waals surface area contributed by atoms with Gasteiger partial charge in [-0.15, -0.1) is 0 Å². The number of aromatic nitrogens is 1. The first kappa shape index (κ1) is 36.7. The molecule has 0 aliphatic carbocycles. The number of amides is 2. The number of likely N-dealkylation sites (tertiary alicyclic amines) is 2. The van der Waals surface area contributed by atoms with E-state index in [1.165, 1.54) is 0 Å². The van der Waals surface area contributed by atoms with Crippen molar-refractivity contribution in [2.24, 2.45) is 11.8 Å². The van der Waals surface area contributed by atoms with E-state index < -0.39 is 11.2 Å². The Kier molecular flexibility index (Phi) is 12.8. The fourth-order valence-electron chi connectivity index (χ4n) is 6.27. The van der Waals surface area contributed by atoms with Crippen molar-refractivity contribution < 1.29 is 28.7 Å². The van der Waals surface area contributed by atoms with Gasteiger partial charge < -0.3 is 24.6 Å². The predicted octanol–water partition coefficient (Wildman–Crippen LogP) is 2.45. The van der Waals surface area contributed by atoms with Crippen LogP contribution in [0.3, 0.4) is 0 Å². The molecule has 2 saturated heterocycles. The quantitative estimate of drug-likeness (QED) is 0.457. The SMILES string of the molecule is CC(C)(C)OC(=O)C1CCN(C(=O)CN2CCNCCN(CC(=O)N3CCC(C(=O)OC(C)(C)C)CC3)Cc3cccc(n3)C2)CC1. The average Bonchev–Trinajstić information content (AvgIpc) is 2.99. The zero-order valence-electron chi connectivity index (χ0n) is 29.4. The molecule has 12 heteroatoms. The Morgan fingerprint density at radius 2 is 1.06 bits per heavy atom. The summed E-state index contributed by atoms with van der Waals surface area (Å²) >= 11 is 0. The summed E-state index contributed by atoms with van der Waals surface area (Å²) in [6.45, 7) is 17.9. The molecule has 0 saturated carbocycles. The Hall–Kier alpha value is -3.09. The highest BCUT2D eigenvalue weighted by Crippen LogP contribution is 2.23. The number of ether oxygens (including phenoxy) is 2. The summed E-state index contributed by atoms with van der Waals surface area (Å²) in [6.07, 6.45) is 2.48. The number of pyridine rings is 1. The summed E-state index contributed by atoms with van der Waals surface area (Å²) in [7, 11) is 0. The van der Waals surface area contributed by atoms with E-state index in [1.807, 2.05) is 69.5 Å². The third-order valence-electron chi connectivity index (χ3n) is 8.74. The van der Waals surface area contributed by atoms with Crippen LogP contribution in [0.1, 0.15) is 78.6 Å². The van der Waals surface area contributed by atoms with Crippen molar-refractivity contribution in [1.29, 1.82) is 0 Å². The lowest BCUT2D eigenvalue weighted by Crippen LogP contribution is -2.47. The van der Waals surface area contributed by atoms with E-state index in [0.717, 1.165) is 11.4 Å². The fraction of sp³-hybridized carbons (Fsp3) is 0.743. The standard InChI is InChI=1S/C35H56N6O6/c1-34(2,3)46-32(44)26-10-16-40(17-11-26)30(42)24-38-20-14-36-15-21-39(23-29-9-7-8-28(22-38)37-29)25-31(43)41-18-12-27(13-19-41)33(45)47-35(4,5)6/h7-9,26-27,36H,10-25H2,1-6H3. The topological polar surface area (TPSA) is 125 Å². The van der Waals surface area contributed by atoms with Gasteiger partial charge in [-0.05, 0) is 79.4 Å². The van der Waals surface area contributed by atoms with Crippen LogP contribution in [0.5, 0.6) is 0 Å². The van der Waals surface area contributed by atoms with Crippen LogP contribution in [-0.2, 0) is 41.7 Å². The van der Waals surface area contributed by atoms with Crippen LogP contribution < -0.4 is 5.32 Å². The molecular weight excluding hydrogens is 600 g/mol. The van der Waals surface area contributed by atoms with Crippen molar-refractivity contribution in [2.45, 2.75) is 91.5 Å². The van der Waals surface area contributed by atoms with Crippen LogP contribution >= 0.6 is 0 Å². The zero-order chi connectivity index (χ0) is 34.2. The van der Waals surface area contributed by atoms with E-state index in [1.54, 1.807) is 0 Å². The second-order valence-electron chi connectivity index (χ2n) is 15.2. The number of nitrogens with zero attached hydrogens (tertiary/aromatic N) is 5. The number of nitrogens with one attached hydrogen (secondary N) is 1. The van der Waals surface area contributed by atoms with Gasteiger partial charge in [-0.2, -0.15) is 0 Å². The molecule has 4 rings (SSSR count). The van der Waals surface area contributed by atoms with E-state index in [9.17, 15) is 19.2 Å². The summed E-state index contributed by atoms with van der Waals surface area (Å²) in [5.74, 6) is -0.545. The minimum atomic E-state index is -0.511. The maximum absolute atomic E-state index is 13.3. The number of hydrogen-bond donors (Lipinski definition) is 1. The van der Waals surface area contributed by atoms with Crippen molar-refractivity contribution in [1.82, 2.24) is 29.9 Å². The maximum atomic E-state index is 13.3. The summed E-state index contributed by atoms with van der Waals surface area (Å²) in [5.41, 5.74) is 0.747. The highest BCUT2D eigenvalue weighted by Gasteiger charge is 2.32. The molecule has 0 atom stereocenters. The molecule has 47 heavy (non-hydrogen) atoms. The van der Waals surface area contributed by atoms with Gasteiger partial charge in [-0.25, -0.2) is 0 Å². The average molecular weight is 657 g/mol. The Morgan fingerprint density at radius 3 is 1.43 bits per heavy atom. The monoisotopic (exact) mass is 656 g/mol. The van der Waals surface area contributed by atoms with Gasteiger partial charge in [0, 0.05) is 65.4 Å². The molecule has 1 aromatic heterocycles. The van der Waals surface area contributed by atoms with Crippen LogP contribution in [-0.4, -0.2) is 125 Å². The molecule has 1 aromatic rings. The predicted molar refractivity (Wildman–Crippen MR) is 178 cm³/mol. The van der Waals surface area contributed by atoms with Gasteiger partial charge in [0.05, 0.1) is 36.3 Å². The first-order valence-electron chi connectivity index (χ1n) is 17.3. The van der Waals surface area contributed by atoms with E-state index in [2.05, 4.69) is 15.1 Å². The molecule has 4 heterocycles. The van der Waals surface area contributed by atoms with E-state index in [0.29, 0.717) is 91.1 Å². The molecule has 3 aliphatic heterocycles. The normalized spacial score (nSPS) is 20.2. The van der Waals surface area contributed by atoms with Gasteiger partial charge in [0.2, 0.25) is 11.8 Å². The van der Waals surface area contributed by atoms with Gasteiger partial charge >= 0.3 is 11.9 Å². The first-order chi connectivity index (χ1) is 22.1. The molecule has 2 bridgehead atoms. The number of esters is 2. The highest BCUT2D eigenvalue weighted by molar-refractivity contribution is 5.80. The molecule has 2 amide bonds. The number of piperidine rings is 2. The van der Waals surface area contributed by atoms with Crippen LogP contribution in [0.25, 0.3) is 0 Å². The second-order valence-corrected chi connectivity index (χ2v) is 15.2. The Morgan fingerprint density at radius 1 is 0.681 bits per heavy atom.